The average Bonchev–Trinajstić information content (AvgIpc) is 3.10. The Morgan fingerprint density at radius 1 is 1.33 bits per heavy atom. The summed E-state index contributed by atoms with van der Waals surface area (Å²) in [6.07, 6.45) is 2.16. The first-order valence-electron chi connectivity index (χ1n) is 8.51. The lowest BCUT2D eigenvalue weighted by molar-refractivity contribution is -0.122. The van der Waals surface area contributed by atoms with Crippen LogP contribution >= 0.6 is 36.4 Å². The number of benzene rings is 1. The molecule has 2 aromatic rings. The Kier molecular flexibility index (Phi) is 10.1. The van der Waals surface area contributed by atoms with Gasteiger partial charge in [-0.05, 0) is 45.1 Å². The molecule has 1 aromatic carbocycles. The van der Waals surface area contributed by atoms with Gasteiger partial charge in [-0.15, -0.1) is 24.8 Å². The summed E-state index contributed by atoms with van der Waals surface area (Å²) in [5.41, 5.74) is 1.47. The first-order chi connectivity index (χ1) is 12.1. The second-order valence-corrected chi connectivity index (χ2v) is 6.74. The molecule has 2 N–H and O–H groups in total. The molecule has 0 radical (unpaired) electrons. The van der Waals surface area contributed by atoms with Crippen LogP contribution in [0.25, 0.3) is 11.3 Å². The zero-order valence-electron chi connectivity index (χ0n) is 15.1. The third-order valence-electron chi connectivity index (χ3n) is 4.49. The van der Waals surface area contributed by atoms with Gasteiger partial charge in [-0.3, -0.25) is 9.69 Å². The Morgan fingerprint density at radius 2 is 2.04 bits per heavy atom. The molecule has 9 heteroatoms. The molecule has 27 heavy (non-hydrogen) atoms. The molecule has 1 aliphatic rings. The van der Waals surface area contributed by atoms with Gasteiger partial charge in [0.25, 0.3) is 0 Å². The maximum atomic E-state index is 12.2. The van der Waals surface area contributed by atoms with Crippen molar-refractivity contribution in [3.05, 3.63) is 41.0 Å². The van der Waals surface area contributed by atoms with Gasteiger partial charge in [0.05, 0.1) is 18.1 Å². The number of hydrogen-bond donors (Lipinski definition) is 2. The Bertz CT molecular complexity index is 720. The Labute approximate surface area is 176 Å². The molecule has 1 aliphatic heterocycles. The van der Waals surface area contributed by atoms with Crippen molar-refractivity contribution >= 4 is 42.3 Å². The van der Waals surface area contributed by atoms with Crippen LogP contribution in [0.15, 0.2) is 34.9 Å². The van der Waals surface area contributed by atoms with Crippen LogP contribution in [0.5, 0.6) is 0 Å². The highest BCUT2D eigenvalue weighted by atomic mass is 35.5. The first-order valence-corrected chi connectivity index (χ1v) is 8.89. The van der Waals surface area contributed by atoms with Gasteiger partial charge in [0.2, 0.25) is 5.91 Å². The molecule has 3 rings (SSSR count). The zero-order valence-corrected chi connectivity index (χ0v) is 17.5. The fourth-order valence-electron chi connectivity index (χ4n) is 3.03. The molecule has 2 heterocycles. The van der Waals surface area contributed by atoms with E-state index in [0.29, 0.717) is 35.6 Å². The summed E-state index contributed by atoms with van der Waals surface area (Å²) in [6.45, 7) is 2.76. The van der Waals surface area contributed by atoms with Crippen LogP contribution in [0.4, 0.5) is 0 Å². The molecule has 0 aliphatic carbocycles. The van der Waals surface area contributed by atoms with Crippen molar-refractivity contribution in [1.29, 1.82) is 0 Å². The van der Waals surface area contributed by atoms with Gasteiger partial charge in [-0.25, -0.2) is 0 Å². The third kappa shape index (κ3) is 6.66. The summed E-state index contributed by atoms with van der Waals surface area (Å²) in [6, 6.07) is 9.70. The van der Waals surface area contributed by atoms with E-state index in [1.165, 1.54) is 0 Å². The third-order valence-corrected chi connectivity index (χ3v) is 4.82. The lowest BCUT2D eigenvalue weighted by atomic mass is 10.1. The molecule has 0 saturated carbocycles. The van der Waals surface area contributed by atoms with Gasteiger partial charge in [0.1, 0.15) is 5.69 Å². The number of nitrogens with zero attached hydrogens (tertiary/aromatic N) is 2. The maximum Gasteiger partial charge on any atom is 0.234 e. The molecule has 0 unspecified atom stereocenters. The van der Waals surface area contributed by atoms with E-state index in [4.69, 9.17) is 16.1 Å². The Morgan fingerprint density at radius 3 is 2.74 bits per heavy atom. The maximum absolute atomic E-state index is 12.2. The van der Waals surface area contributed by atoms with E-state index in [2.05, 4.69) is 20.7 Å². The highest BCUT2D eigenvalue weighted by molar-refractivity contribution is 6.33. The van der Waals surface area contributed by atoms with Crippen molar-refractivity contribution in [2.24, 2.45) is 0 Å². The molecular formula is C18H25Cl3N4O2. The summed E-state index contributed by atoms with van der Waals surface area (Å²) in [4.78, 5) is 14.3. The van der Waals surface area contributed by atoms with E-state index in [1.54, 1.807) is 12.1 Å². The first kappa shape index (κ1) is 23.7. The van der Waals surface area contributed by atoms with Crippen LogP contribution < -0.4 is 10.6 Å². The van der Waals surface area contributed by atoms with E-state index < -0.39 is 0 Å². The van der Waals surface area contributed by atoms with E-state index in [-0.39, 0.29) is 30.7 Å². The normalized spacial score (nSPS) is 14.3. The number of rotatable bonds is 6. The van der Waals surface area contributed by atoms with Crippen LogP contribution in [0.1, 0.15) is 18.5 Å². The van der Waals surface area contributed by atoms with Crippen molar-refractivity contribution < 1.29 is 9.32 Å². The SMILES string of the molecule is CN(CC(=O)NCc1cc(-c2ccccc2Cl)on1)C1CCNCC1.Cl.Cl. The van der Waals surface area contributed by atoms with E-state index in [1.807, 2.05) is 25.2 Å². The van der Waals surface area contributed by atoms with Gasteiger partial charge in [-0.2, -0.15) is 0 Å². The van der Waals surface area contributed by atoms with E-state index >= 15 is 0 Å². The van der Waals surface area contributed by atoms with Gasteiger partial charge in [-0.1, -0.05) is 28.9 Å². The zero-order chi connectivity index (χ0) is 17.6. The molecule has 150 valence electrons. The molecular weight excluding hydrogens is 411 g/mol. The Balaban J connectivity index is 0.00000182. The number of aromatic nitrogens is 1. The number of amides is 1. The lowest BCUT2D eigenvalue weighted by Gasteiger charge is -2.31. The summed E-state index contributed by atoms with van der Waals surface area (Å²) in [7, 11) is 2.00. The van der Waals surface area contributed by atoms with Crippen LogP contribution in [0.2, 0.25) is 5.02 Å². The highest BCUT2D eigenvalue weighted by Gasteiger charge is 2.19. The molecule has 1 aromatic heterocycles. The molecule has 1 amide bonds. The Hall–Kier alpha value is -1.31. The van der Waals surface area contributed by atoms with Crippen LogP contribution in [-0.4, -0.2) is 48.7 Å². The fraction of sp³-hybridized carbons (Fsp3) is 0.444. The minimum atomic E-state index is -0.0108. The average molecular weight is 436 g/mol. The summed E-state index contributed by atoms with van der Waals surface area (Å²) in [5.74, 6) is 0.588. The largest absolute Gasteiger partial charge is 0.356 e. The minimum absolute atomic E-state index is 0. The molecule has 6 nitrogen and oxygen atoms in total. The fourth-order valence-corrected chi connectivity index (χ4v) is 3.26. The number of piperidine rings is 1. The van der Waals surface area contributed by atoms with Crippen LogP contribution in [0, 0.1) is 0 Å². The predicted octanol–water partition coefficient (Wildman–Crippen LogP) is 3.14. The lowest BCUT2D eigenvalue weighted by Crippen LogP contribution is -2.45. The summed E-state index contributed by atoms with van der Waals surface area (Å²) in [5, 5.41) is 10.8. The van der Waals surface area contributed by atoms with E-state index in [9.17, 15) is 4.79 Å². The quantitative estimate of drug-likeness (QED) is 0.729. The van der Waals surface area contributed by atoms with Crippen molar-refractivity contribution in [3.8, 4) is 11.3 Å². The molecule has 0 spiro atoms. The van der Waals surface area contributed by atoms with Gasteiger partial charge in [0.15, 0.2) is 5.76 Å². The number of carbonyl (C=O) groups excluding carboxylic acids is 1. The number of carbonyl (C=O) groups is 1. The van der Waals surface area contributed by atoms with Crippen LogP contribution in [-0.2, 0) is 11.3 Å². The number of likely N-dealkylation sites (N-methyl/N-ethyl adjacent to an activating group) is 1. The summed E-state index contributed by atoms with van der Waals surface area (Å²) >= 11 is 6.16. The predicted molar refractivity (Wildman–Crippen MR) is 112 cm³/mol. The number of halogens is 3. The van der Waals surface area contributed by atoms with Gasteiger partial charge in [0, 0.05) is 17.7 Å². The monoisotopic (exact) mass is 434 g/mol. The summed E-state index contributed by atoms with van der Waals surface area (Å²) < 4.78 is 5.34. The second-order valence-electron chi connectivity index (χ2n) is 6.34. The highest BCUT2D eigenvalue weighted by Crippen LogP contribution is 2.27. The number of hydrogen-bond acceptors (Lipinski definition) is 5. The smallest absolute Gasteiger partial charge is 0.234 e. The standard InChI is InChI=1S/C18H23ClN4O2.2ClH/c1-23(14-6-8-20-9-7-14)12-18(24)21-11-13-10-17(25-22-13)15-4-2-3-5-16(15)19;;/h2-5,10,14,20H,6-9,11-12H2,1H3,(H,21,24);2*1H. The molecule has 0 bridgehead atoms. The van der Waals surface area contributed by atoms with Crippen LogP contribution in [0.3, 0.4) is 0 Å². The van der Waals surface area contributed by atoms with Crippen molar-refractivity contribution in [2.45, 2.75) is 25.4 Å². The van der Waals surface area contributed by atoms with Gasteiger partial charge < -0.3 is 15.2 Å². The molecule has 0 atom stereocenters. The van der Waals surface area contributed by atoms with Crippen molar-refractivity contribution in [3.63, 3.8) is 0 Å². The van der Waals surface area contributed by atoms with Gasteiger partial charge >= 0.3 is 0 Å². The minimum Gasteiger partial charge on any atom is -0.356 e. The van der Waals surface area contributed by atoms with Crippen molar-refractivity contribution in [2.75, 3.05) is 26.7 Å². The second kappa shape index (κ2) is 11.5. The number of nitrogens with one attached hydrogen (secondary N) is 2. The topological polar surface area (TPSA) is 70.4 Å². The van der Waals surface area contributed by atoms with Crippen molar-refractivity contribution in [1.82, 2.24) is 20.7 Å². The van der Waals surface area contributed by atoms with E-state index in [0.717, 1.165) is 31.5 Å². The molecule has 1 saturated heterocycles. The molecule has 1 fully saturated rings.